The van der Waals surface area contributed by atoms with Crippen molar-refractivity contribution >= 4 is 5.97 Å². The van der Waals surface area contributed by atoms with Gasteiger partial charge in [-0.2, -0.15) is 0 Å². The Kier molecular flexibility index (Phi) is 5.59. The summed E-state index contributed by atoms with van der Waals surface area (Å²) in [5, 5.41) is 0. The van der Waals surface area contributed by atoms with Crippen molar-refractivity contribution < 1.29 is 23.1 Å². The number of nitrogens with zero attached hydrogens (tertiary/aromatic N) is 1. The molecule has 0 atom stereocenters. The number of hydrogen-bond acceptors (Lipinski definition) is 6. The van der Waals surface area contributed by atoms with Crippen LogP contribution in [0.25, 0.3) is 0 Å². The van der Waals surface area contributed by atoms with Crippen LogP contribution < -0.4 is 0 Å². The summed E-state index contributed by atoms with van der Waals surface area (Å²) >= 11 is 0. The summed E-state index contributed by atoms with van der Waals surface area (Å²) < 4.78 is 20.6. The van der Waals surface area contributed by atoms with Crippen LogP contribution in [0.2, 0.25) is 0 Å². The van der Waals surface area contributed by atoms with E-state index in [0.717, 1.165) is 12.3 Å². The molecule has 6 heteroatoms. The fourth-order valence-electron chi connectivity index (χ4n) is 1.95. The number of carbonyl (C=O) groups excluding carboxylic acids is 1. The molecule has 0 amide bonds. The molecule has 0 fully saturated rings. The molecule has 0 aliphatic carbocycles. The highest BCUT2D eigenvalue weighted by molar-refractivity contribution is 5.86. The van der Waals surface area contributed by atoms with E-state index in [2.05, 4.69) is 9.64 Å². The molecule has 6 nitrogen and oxygen atoms in total. The molecule has 0 saturated heterocycles. The molecule has 0 bridgehead atoms. The Balaban J connectivity index is 2.00. The molecule has 0 saturated carbocycles. The standard InChI is InChI=1S/C15H19NO5/c1-18-9-7-16(10-12-4-3-8-20-12)11-13-5-6-14(21-13)15(17)19-2/h3-6,8H,7,9-11H2,1-2H3. The van der Waals surface area contributed by atoms with Gasteiger partial charge in [-0.25, -0.2) is 4.79 Å². The van der Waals surface area contributed by atoms with Crippen LogP contribution in [-0.4, -0.2) is 38.2 Å². The zero-order chi connectivity index (χ0) is 15.1. The summed E-state index contributed by atoms with van der Waals surface area (Å²) in [5.41, 5.74) is 0. The van der Waals surface area contributed by atoms with Crippen LogP contribution in [0.1, 0.15) is 22.1 Å². The molecular formula is C15H19NO5. The van der Waals surface area contributed by atoms with Crippen molar-refractivity contribution in [1.82, 2.24) is 4.90 Å². The van der Waals surface area contributed by atoms with Crippen LogP contribution in [0.3, 0.4) is 0 Å². The highest BCUT2D eigenvalue weighted by Crippen LogP contribution is 2.14. The van der Waals surface area contributed by atoms with E-state index in [9.17, 15) is 4.79 Å². The first-order chi connectivity index (χ1) is 10.2. The third-order valence-electron chi connectivity index (χ3n) is 3.00. The molecule has 21 heavy (non-hydrogen) atoms. The van der Waals surface area contributed by atoms with Gasteiger partial charge in [0.1, 0.15) is 11.5 Å². The first-order valence-electron chi connectivity index (χ1n) is 6.63. The van der Waals surface area contributed by atoms with Crippen molar-refractivity contribution in [2.45, 2.75) is 13.1 Å². The van der Waals surface area contributed by atoms with Crippen LogP contribution >= 0.6 is 0 Å². The lowest BCUT2D eigenvalue weighted by Crippen LogP contribution is -2.26. The number of esters is 1. The maximum Gasteiger partial charge on any atom is 0.373 e. The Morgan fingerprint density at radius 2 is 2.00 bits per heavy atom. The van der Waals surface area contributed by atoms with Gasteiger partial charge in [-0.05, 0) is 24.3 Å². The van der Waals surface area contributed by atoms with Gasteiger partial charge in [-0.1, -0.05) is 0 Å². The van der Waals surface area contributed by atoms with Gasteiger partial charge in [0, 0.05) is 13.7 Å². The lowest BCUT2D eigenvalue weighted by atomic mass is 10.3. The maximum absolute atomic E-state index is 11.4. The smallest absolute Gasteiger partial charge is 0.373 e. The predicted octanol–water partition coefficient (Wildman–Crippen LogP) is 2.31. The predicted molar refractivity (Wildman–Crippen MR) is 74.7 cm³/mol. The largest absolute Gasteiger partial charge is 0.468 e. The third-order valence-corrected chi connectivity index (χ3v) is 3.00. The van der Waals surface area contributed by atoms with E-state index < -0.39 is 5.97 Å². The second-order valence-corrected chi connectivity index (χ2v) is 4.54. The van der Waals surface area contributed by atoms with Gasteiger partial charge in [0.15, 0.2) is 0 Å². The Hall–Kier alpha value is -2.05. The number of rotatable bonds is 8. The van der Waals surface area contributed by atoms with Gasteiger partial charge in [0.05, 0.1) is 33.1 Å². The molecular weight excluding hydrogens is 274 g/mol. The molecule has 114 valence electrons. The van der Waals surface area contributed by atoms with E-state index in [4.69, 9.17) is 13.6 Å². The summed E-state index contributed by atoms with van der Waals surface area (Å²) in [4.78, 5) is 13.5. The van der Waals surface area contributed by atoms with Gasteiger partial charge in [-0.3, -0.25) is 4.90 Å². The van der Waals surface area contributed by atoms with Crippen molar-refractivity contribution in [2.24, 2.45) is 0 Å². The fraction of sp³-hybridized carbons (Fsp3) is 0.400. The lowest BCUT2D eigenvalue weighted by molar-refractivity contribution is 0.0559. The van der Waals surface area contributed by atoms with E-state index in [1.807, 2.05) is 12.1 Å². The average Bonchev–Trinajstić information content (AvgIpc) is 3.15. The summed E-state index contributed by atoms with van der Waals surface area (Å²) in [6.07, 6.45) is 1.64. The first-order valence-corrected chi connectivity index (χ1v) is 6.63. The summed E-state index contributed by atoms with van der Waals surface area (Å²) in [6, 6.07) is 7.16. The normalized spacial score (nSPS) is 11.0. The number of furan rings is 2. The molecule has 2 aromatic rings. The van der Waals surface area contributed by atoms with Gasteiger partial charge in [0.25, 0.3) is 0 Å². The first kappa shape index (κ1) is 15.3. The minimum atomic E-state index is -0.476. The summed E-state index contributed by atoms with van der Waals surface area (Å²) in [5.74, 6) is 1.29. The highest BCUT2D eigenvalue weighted by Gasteiger charge is 2.14. The monoisotopic (exact) mass is 293 g/mol. The maximum atomic E-state index is 11.4. The van der Waals surface area contributed by atoms with Gasteiger partial charge in [-0.15, -0.1) is 0 Å². The van der Waals surface area contributed by atoms with Gasteiger partial charge < -0.3 is 18.3 Å². The van der Waals surface area contributed by atoms with E-state index in [1.54, 1.807) is 25.5 Å². The summed E-state index contributed by atoms with van der Waals surface area (Å²) in [7, 11) is 2.99. The van der Waals surface area contributed by atoms with Gasteiger partial charge in [0.2, 0.25) is 5.76 Å². The molecule has 2 aromatic heterocycles. The minimum absolute atomic E-state index is 0.206. The van der Waals surface area contributed by atoms with Crippen molar-refractivity contribution in [3.8, 4) is 0 Å². The zero-order valence-corrected chi connectivity index (χ0v) is 12.2. The topological polar surface area (TPSA) is 65.0 Å². The third kappa shape index (κ3) is 4.47. The zero-order valence-electron chi connectivity index (χ0n) is 12.2. The Morgan fingerprint density at radius 3 is 2.67 bits per heavy atom. The molecule has 0 N–H and O–H groups in total. The second-order valence-electron chi connectivity index (χ2n) is 4.54. The fourth-order valence-corrected chi connectivity index (χ4v) is 1.95. The molecule has 2 heterocycles. The Labute approximate surface area is 123 Å². The van der Waals surface area contributed by atoms with E-state index in [0.29, 0.717) is 25.5 Å². The van der Waals surface area contributed by atoms with Crippen molar-refractivity contribution in [3.63, 3.8) is 0 Å². The van der Waals surface area contributed by atoms with E-state index in [1.165, 1.54) is 7.11 Å². The second kappa shape index (κ2) is 7.66. The quantitative estimate of drug-likeness (QED) is 0.696. The van der Waals surface area contributed by atoms with Crippen LogP contribution in [0, 0.1) is 0 Å². The number of carbonyl (C=O) groups is 1. The Morgan fingerprint density at radius 1 is 1.19 bits per heavy atom. The number of methoxy groups -OCH3 is 2. The highest BCUT2D eigenvalue weighted by atomic mass is 16.5. The van der Waals surface area contributed by atoms with Gasteiger partial charge >= 0.3 is 5.97 Å². The van der Waals surface area contributed by atoms with E-state index in [-0.39, 0.29) is 5.76 Å². The average molecular weight is 293 g/mol. The molecule has 2 rings (SSSR count). The molecule has 0 unspecified atom stereocenters. The SMILES string of the molecule is COCCN(Cc1ccco1)Cc1ccc(C(=O)OC)o1. The number of hydrogen-bond donors (Lipinski definition) is 0. The van der Waals surface area contributed by atoms with Crippen LogP contribution in [0.15, 0.2) is 39.4 Å². The van der Waals surface area contributed by atoms with Crippen molar-refractivity contribution in [2.75, 3.05) is 27.4 Å². The number of ether oxygens (including phenoxy) is 2. The lowest BCUT2D eigenvalue weighted by Gasteiger charge is -2.19. The molecule has 0 aromatic carbocycles. The molecule has 0 aliphatic rings. The molecule has 0 aliphatic heterocycles. The van der Waals surface area contributed by atoms with Crippen LogP contribution in [0.5, 0.6) is 0 Å². The molecule has 0 spiro atoms. The van der Waals surface area contributed by atoms with Crippen LogP contribution in [-0.2, 0) is 22.6 Å². The van der Waals surface area contributed by atoms with Crippen molar-refractivity contribution in [3.05, 3.63) is 47.8 Å². The summed E-state index contributed by atoms with van der Waals surface area (Å²) in [6.45, 7) is 2.53. The molecule has 0 radical (unpaired) electrons. The van der Waals surface area contributed by atoms with Crippen molar-refractivity contribution in [1.29, 1.82) is 0 Å². The van der Waals surface area contributed by atoms with E-state index >= 15 is 0 Å². The minimum Gasteiger partial charge on any atom is -0.468 e. The Bertz CT molecular complexity index is 546. The van der Waals surface area contributed by atoms with Crippen LogP contribution in [0.4, 0.5) is 0 Å².